The lowest BCUT2D eigenvalue weighted by atomic mass is 10.2. The summed E-state index contributed by atoms with van der Waals surface area (Å²) in [6.45, 7) is 1.03. The molecule has 2 rings (SSSR count). The van der Waals surface area contributed by atoms with Gasteiger partial charge >= 0.3 is 0 Å². The summed E-state index contributed by atoms with van der Waals surface area (Å²) in [5, 5.41) is 2.87. The molecule has 0 fully saturated rings. The van der Waals surface area contributed by atoms with Gasteiger partial charge in [0.1, 0.15) is 5.75 Å². The molecule has 0 aliphatic carbocycles. The molecule has 130 valence electrons. The maximum absolute atomic E-state index is 11.5. The fraction of sp³-hybridized carbons (Fsp3) is 0.278. The van der Waals surface area contributed by atoms with Crippen molar-refractivity contribution < 1.29 is 14.3 Å². The van der Waals surface area contributed by atoms with E-state index >= 15 is 0 Å². The van der Waals surface area contributed by atoms with Crippen LogP contribution in [0.1, 0.15) is 18.4 Å². The highest BCUT2D eigenvalue weighted by Crippen LogP contribution is 2.30. The third-order valence-corrected chi connectivity index (χ3v) is 3.32. The van der Waals surface area contributed by atoms with Crippen LogP contribution in [0.25, 0.3) is 0 Å². The van der Waals surface area contributed by atoms with Gasteiger partial charge in [-0.3, -0.25) is 4.79 Å². The highest BCUT2D eigenvalue weighted by Gasteiger charge is 2.05. The monoisotopic (exact) mass is 350 g/mol. The molecule has 0 aliphatic rings. The van der Waals surface area contributed by atoms with Crippen molar-refractivity contribution in [3.63, 3.8) is 0 Å². The number of carbonyl (C=O) groups is 1. The Morgan fingerprint density at radius 3 is 2.38 bits per heavy atom. The number of hydrogen-bond acceptors (Lipinski definition) is 4. The first-order valence-corrected chi connectivity index (χ1v) is 7.59. The second-order valence-corrected chi connectivity index (χ2v) is 5.07. The van der Waals surface area contributed by atoms with E-state index < -0.39 is 0 Å². The number of carbonyl (C=O) groups excluding carboxylic acids is 1. The highest BCUT2D eigenvalue weighted by molar-refractivity contribution is 5.85. The third kappa shape index (κ3) is 6.10. The van der Waals surface area contributed by atoms with Crippen molar-refractivity contribution in [2.75, 3.05) is 13.7 Å². The molecular formula is C18H23ClN2O3. The Kier molecular flexibility index (Phi) is 8.68. The summed E-state index contributed by atoms with van der Waals surface area (Å²) >= 11 is 0. The van der Waals surface area contributed by atoms with Crippen LogP contribution in [0.15, 0.2) is 48.5 Å². The van der Waals surface area contributed by atoms with Crippen LogP contribution in [-0.4, -0.2) is 19.6 Å². The first-order valence-electron chi connectivity index (χ1n) is 7.59. The van der Waals surface area contributed by atoms with Crippen LogP contribution in [0.5, 0.6) is 17.2 Å². The van der Waals surface area contributed by atoms with Crippen LogP contribution in [0.3, 0.4) is 0 Å². The van der Waals surface area contributed by atoms with Gasteiger partial charge in [-0.05, 0) is 42.8 Å². The van der Waals surface area contributed by atoms with Crippen molar-refractivity contribution in [1.82, 2.24) is 5.32 Å². The Labute approximate surface area is 148 Å². The van der Waals surface area contributed by atoms with Crippen LogP contribution in [0.2, 0.25) is 0 Å². The van der Waals surface area contributed by atoms with Gasteiger partial charge in [0.25, 0.3) is 0 Å². The smallest absolute Gasteiger partial charge is 0.220 e. The van der Waals surface area contributed by atoms with Crippen LogP contribution >= 0.6 is 12.4 Å². The first-order chi connectivity index (χ1) is 11.2. The second-order valence-electron chi connectivity index (χ2n) is 5.07. The summed E-state index contributed by atoms with van der Waals surface area (Å²) < 4.78 is 11.1. The van der Waals surface area contributed by atoms with Gasteiger partial charge in [0, 0.05) is 13.0 Å². The number of nitrogens with two attached hydrogens (primary N) is 1. The zero-order chi connectivity index (χ0) is 16.5. The zero-order valence-corrected chi connectivity index (χ0v) is 14.5. The lowest BCUT2D eigenvalue weighted by Gasteiger charge is -2.10. The van der Waals surface area contributed by atoms with Gasteiger partial charge in [-0.1, -0.05) is 24.3 Å². The molecule has 24 heavy (non-hydrogen) atoms. The molecule has 0 bridgehead atoms. The maximum Gasteiger partial charge on any atom is 0.220 e. The molecule has 3 N–H and O–H groups in total. The van der Waals surface area contributed by atoms with Gasteiger partial charge in [-0.2, -0.15) is 0 Å². The lowest BCUT2D eigenvalue weighted by molar-refractivity contribution is -0.121. The number of amides is 1. The molecule has 0 saturated heterocycles. The van der Waals surface area contributed by atoms with Crippen LogP contribution < -0.4 is 20.5 Å². The van der Waals surface area contributed by atoms with Crippen molar-refractivity contribution in [3.05, 3.63) is 54.1 Å². The second kappa shape index (κ2) is 10.5. The number of ether oxygens (including phenoxy) is 2. The van der Waals surface area contributed by atoms with E-state index in [-0.39, 0.29) is 18.3 Å². The summed E-state index contributed by atoms with van der Waals surface area (Å²) in [6.07, 6.45) is 1.17. The van der Waals surface area contributed by atoms with Crippen molar-refractivity contribution in [1.29, 1.82) is 0 Å². The fourth-order valence-electron chi connectivity index (χ4n) is 2.06. The molecule has 2 aromatic rings. The number of nitrogens with one attached hydrogen (secondary N) is 1. The number of hydrogen-bond donors (Lipinski definition) is 2. The number of halogens is 1. The van der Waals surface area contributed by atoms with Crippen LogP contribution in [-0.2, 0) is 11.3 Å². The Bertz CT molecular complexity index is 632. The molecule has 0 radical (unpaired) electrons. The standard InChI is InChI=1S/C18H22N2O3.ClH/c1-22-16-5-2-3-6-17(16)23-15-10-8-14(9-11-15)13-20-18(21)7-4-12-19;/h2-3,5-6,8-11H,4,7,12-13,19H2,1H3,(H,20,21);1H. The maximum atomic E-state index is 11.5. The highest BCUT2D eigenvalue weighted by atomic mass is 35.5. The molecule has 1 amide bonds. The van der Waals surface area contributed by atoms with E-state index in [9.17, 15) is 4.79 Å². The molecule has 2 aromatic carbocycles. The van der Waals surface area contributed by atoms with Gasteiger partial charge < -0.3 is 20.5 Å². The molecule has 5 nitrogen and oxygen atoms in total. The number of benzene rings is 2. The average molecular weight is 351 g/mol. The molecule has 6 heteroatoms. The number of para-hydroxylation sites is 2. The summed E-state index contributed by atoms with van der Waals surface area (Å²) in [4.78, 5) is 11.5. The van der Waals surface area contributed by atoms with Gasteiger partial charge in [0.05, 0.1) is 7.11 Å². The predicted molar refractivity (Wildman–Crippen MR) is 96.9 cm³/mol. The van der Waals surface area contributed by atoms with E-state index in [1.54, 1.807) is 7.11 Å². The molecule has 0 saturated carbocycles. The Balaban J connectivity index is 0.00000288. The Morgan fingerprint density at radius 2 is 1.75 bits per heavy atom. The SMILES string of the molecule is COc1ccccc1Oc1ccc(CNC(=O)CCCN)cc1.Cl. The normalized spacial score (nSPS) is 9.75. The average Bonchev–Trinajstić information content (AvgIpc) is 2.59. The van der Waals surface area contributed by atoms with Crippen LogP contribution in [0.4, 0.5) is 0 Å². The van der Waals surface area contributed by atoms with Crippen molar-refractivity contribution in [3.8, 4) is 17.2 Å². The van der Waals surface area contributed by atoms with Gasteiger partial charge in [0.2, 0.25) is 5.91 Å². The van der Waals surface area contributed by atoms with E-state index in [0.717, 1.165) is 5.56 Å². The molecule has 0 atom stereocenters. The Hall–Kier alpha value is -2.24. The molecule has 0 aromatic heterocycles. The lowest BCUT2D eigenvalue weighted by Crippen LogP contribution is -2.23. The predicted octanol–water partition coefficient (Wildman–Crippen LogP) is 3.26. The van der Waals surface area contributed by atoms with Crippen molar-refractivity contribution in [2.45, 2.75) is 19.4 Å². The van der Waals surface area contributed by atoms with Gasteiger partial charge in [0.15, 0.2) is 11.5 Å². The summed E-state index contributed by atoms with van der Waals surface area (Å²) in [5.41, 5.74) is 6.39. The minimum atomic E-state index is 0. The molecular weight excluding hydrogens is 328 g/mol. The first kappa shape index (κ1) is 19.8. The summed E-state index contributed by atoms with van der Waals surface area (Å²) in [5.74, 6) is 2.08. The minimum absolute atomic E-state index is 0. The van der Waals surface area contributed by atoms with Crippen LogP contribution in [0, 0.1) is 0 Å². The quantitative estimate of drug-likeness (QED) is 0.766. The molecule has 0 spiro atoms. The van der Waals surface area contributed by atoms with Gasteiger partial charge in [-0.25, -0.2) is 0 Å². The number of rotatable bonds is 8. The molecule has 0 heterocycles. The molecule has 0 aliphatic heterocycles. The van der Waals surface area contributed by atoms with E-state index in [1.165, 1.54) is 0 Å². The third-order valence-electron chi connectivity index (χ3n) is 3.32. The topological polar surface area (TPSA) is 73.6 Å². The van der Waals surface area contributed by atoms with Gasteiger partial charge in [-0.15, -0.1) is 12.4 Å². The van der Waals surface area contributed by atoms with Crippen molar-refractivity contribution >= 4 is 18.3 Å². The number of methoxy groups -OCH3 is 1. The van der Waals surface area contributed by atoms with E-state index in [1.807, 2.05) is 48.5 Å². The largest absolute Gasteiger partial charge is 0.493 e. The fourth-order valence-corrected chi connectivity index (χ4v) is 2.06. The van der Waals surface area contributed by atoms with Crippen molar-refractivity contribution in [2.24, 2.45) is 5.73 Å². The zero-order valence-electron chi connectivity index (χ0n) is 13.7. The summed E-state index contributed by atoms with van der Waals surface area (Å²) in [6, 6.07) is 15.1. The van der Waals surface area contributed by atoms with E-state index in [4.69, 9.17) is 15.2 Å². The van der Waals surface area contributed by atoms with E-state index in [2.05, 4.69) is 5.32 Å². The summed E-state index contributed by atoms with van der Waals surface area (Å²) in [7, 11) is 1.61. The van der Waals surface area contributed by atoms with E-state index in [0.29, 0.717) is 43.2 Å². The minimum Gasteiger partial charge on any atom is -0.493 e. The molecule has 0 unspecified atom stereocenters. The Morgan fingerprint density at radius 1 is 1.08 bits per heavy atom.